The minimum atomic E-state index is 0.393. The lowest BCUT2D eigenvalue weighted by molar-refractivity contribution is 0.219. The fourth-order valence-electron chi connectivity index (χ4n) is 2.11. The third-order valence-corrected chi connectivity index (χ3v) is 4.60. The van der Waals surface area contributed by atoms with Gasteiger partial charge in [0.05, 0.1) is 5.39 Å². The first-order valence-corrected chi connectivity index (χ1v) is 8.15. The fraction of sp³-hybridized carbons (Fsp3) is 0.571. The second-order valence-corrected chi connectivity index (χ2v) is 5.77. The van der Waals surface area contributed by atoms with Crippen molar-refractivity contribution in [2.45, 2.75) is 27.2 Å². The zero-order chi connectivity index (χ0) is 15.2. The Hall–Kier alpha value is -1.44. The Morgan fingerprint density at radius 2 is 2.05 bits per heavy atom. The van der Waals surface area contributed by atoms with Crippen molar-refractivity contribution in [3.05, 3.63) is 10.9 Å². The first-order valence-electron chi connectivity index (χ1n) is 7.34. The quantitative estimate of drug-likeness (QED) is 0.575. The van der Waals surface area contributed by atoms with Crippen molar-refractivity contribution in [2.75, 3.05) is 31.7 Å². The minimum Gasteiger partial charge on any atom is -0.476 e. The van der Waals surface area contributed by atoms with Gasteiger partial charge in [0.15, 0.2) is 0 Å². The summed E-state index contributed by atoms with van der Waals surface area (Å²) < 4.78 is 5.87. The molecule has 0 radical (unpaired) electrons. The second-order valence-electron chi connectivity index (χ2n) is 4.66. The summed E-state index contributed by atoms with van der Waals surface area (Å²) in [5.74, 6) is 6.44. The Morgan fingerprint density at radius 3 is 2.67 bits per heavy atom. The van der Waals surface area contributed by atoms with Gasteiger partial charge < -0.3 is 9.64 Å². The topological polar surface area (TPSA) is 76.3 Å². The maximum absolute atomic E-state index is 5.87. The van der Waals surface area contributed by atoms with E-state index in [9.17, 15) is 0 Å². The Labute approximate surface area is 129 Å². The van der Waals surface area contributed by atoms with Crippen LogP contribution in [0.3, 0.4) is 0 Å². The molecular weight excluding hydrogens is 286 g/mol. The van der Waals surface area contributed by atoms with E-state index in [1.54, 1.807) is 11.3 Å². The Kier molecular flexibility index (Phi) is 5.72. The van der Waals surface area contributed by atoms with Crippen LogP contribution in [0.4, 0.5) is 5.95 Å². The molecule has 0 saturated heterocycles. The van der Waals surface area contributed by atoms with Gasteiger partial charge in [0, 0.05) is 11.4 Å². The lowest BCUT2D eigenvalue weighted by Gasteiger charge is -2.17. The zero-order valence-corrected chi connectivity index (χ0v) is 13.7. The van der Waals surface area contributed by atoms with Gasteiger partial charge in [-0.05, 0) is 25.6 Å². The van der Waals surface area contributed by atoms with Crippen molar-refractivity contribution in [1.29, 1.82) is 0 Å². The third kappa shape index (κ3) is 3.81. The number of likely N-dealkylation sites (N-methyl/N-ethyl adjacent to an activating group) is 1. The summed E-state index contributed by atoms with van der Waals surface area (Å²) in [6, 6.07) is 2.10. The molecule has 7 heteroatoms. The molecule has 2 rings (SSSR count). The van der Waals surface area contributed by atoms with E-state index in [1.165, 1.54) is 4.88 Å². The van der Waals surface area contributed by atoms with E-state index < -0.39 is 0 Å². The number of nitrogens with zero attached hydrogens (tertiary/aromatic N) is 3. The molecule has 2 aromatic rings. The molecule has 6 nitrogen and oxygen atoms in total. The molecule has 0 aliphatic rings. The molecular formula is C14H23N5OS. The van der Waals surface area contributed by atoms with Crippen molar-refractivity contribution in [3.8, 4) is 5.88 Å². The number of aromatic nitrogens is 2. The van der Waals surface area contributed by atoms with Crippen LogP contribution >= 0.6 is 11.3 Å². The molecule has 0 unspecified atom stereocenters. The first kappa shape index (κ1) is 15.9. The monoisotopic (exact) mass is 309 g/mol. The van der Waals surface area contributed by atoms with Gasteiger partial charge in [-0.2, -0.15) is 4.98 Å². The second kappa shape index (κ2) is 7.53. The number of anilines is 1. The summed E-state index contributed by atoms with van der Waals surface area (Å²) in [6.45, 7) is 9.95. The lowest BCUT2D eigenvalue weighted by Crippen LogP contribution is -2.28. The highest BCUT2D eigenvalue weighted by atomic mass is 32.1. The molecule has 0 atom stereocenters. The van der Waals surface area contributed by atoms with Crippen molar-refractivity contribution in [1.82, 2.24) is 14.9 Å². The van der Waals surface area contributed by atoms with E-state index in [0.717, 1.165) is 36.3 Å². The Morgan fingerprint density at radius 1 is 1.29 bits per heavy atom. The smallest absolute Gasteiger partial charge is 0.241 e. The van der Waals surface area contributed by atoms with Crippen LogP contribution in [-0.2, 0) is 6.42 Å². The number of aryl methyl sites for hydroxylation is 1. The number of rotatable bonds is 8. The number of thiophene rings is 1. The van der Waals surface area contributed by atoms with Crippen molar-refractivity contribution < 1.29 is 4.74 Å². The lowest BCUT2D eigenvalue weighted by atomic mass is 10.3. The van der Waals surface area contributed by atoms with Gasteiger partial charge in [-0.25, -0.2) is 10.8 Å². The molecule has 116 valence electrons. The molecule has 0 saturated carbocycles. The van der Waals surface area contributed by atoms with Crippen molar-refractivity contribution in [2.24, 2.45) is 5.84 Å². The maximum Gasteiger partial charge on any atom is 0.241 e. The van der Waals surface area contributed by atoms with Crippen LogP contribution in [-0.4, -0.2) is 41.1 Å². The van der Waals surface area contributed by atoms with Crippen LogP contribution in [0, 0.1) is 0 Å². The van der Waals surface area contributed by atoms with E-state index in [1.807, 2.05) is 0 Å². The van der Waals surface area contributed by atoms with Gasteiger partial charge in [0.1, 0.15) is 11.4 Å². The average molecular weight is 309 g/mol. The molecule has 3 N–H and O–H groups in total. The Balaban J connectivity index is 2.18. The Bertz CT molecular complexity index is 582. The summed E-state index contributed by atoms with van der Waals surface area (Å²) >= 11 is 1.65. The summed E-state index contributed by atoms with van der Waals surface area (Å²) in [6.07, 6.45) is 0.977. The molecule has 2 heterocycles. The number of nitrogens with one attached hydrogen (secondary N) is 1. The van der Waals surface area contributed by atoms with E-state index in [2.05, 4.69) is 47.1 Å². The number of hydrogen-bond donors (Lipinski definition) is 2. The average Bonchev–Trinajstić information content (AvgIpc) is 2.94. The predicted octanol–water partition coefficient (Wildman–Crippen LogP) is 2.26. The van der Waals surface area contributed by atoms with E-state index in [4.69, 9.17) is 10.6 Å². The third-order valence-electron chi connectivity index (χ3n) is 3.43. The van der Waals surface area contributed by atoms with Gasteiger partial charge in [-0.3, -0.25) is 5.43 Å². The maximum atomic E-state index is 5.87. The highest BCUT2D eigenvalue weighted by Gasteiger charge is 2.12. The highest BCUT2D eigenvalue weighted by Crippen LogP contribution is 2.31. The number of hydrogen-bond acceptors (Lipinski definition) is 7. The summed E-state index contributed by atoms with van der Waals surface area (Å²) in [7, 11) is 0. The molecule has 2 aromatic heterocycles. The molecule has 0 aromatic carbocycles. The number of nitrogens with two attached hydrogens (primary N) is 1. The number of nitrogen functional groups attached to an aromatic ring is 1. The minimum absolute atomic E-state index is 0.393. The number of ether oxygens (including phenoxy) is 1. The predicted molar refractivity (Wildman–Crippen MR) is 87.9 cm³/mol. The van der Waals surface area contributed by atoms with Crippen LogP contribution in [0.15, 0.2) is 6.07 Å². The van der Waals surface area contributed by atoms with Crippen LogP contribution in [0.5, 0.6) is 5.88 Å². The van der Waals surface area contributed by atoms with Gasteiger partial charge in [0.2, 0.25) is 11.8 Å². The molecule has 21 heavy (non-hydrogen) atoms. The first-order chi connectivity index (χ1) is 10.2. The normalized spacial score (nSPS) is 11.3. The van der Waals surface area contributed by atoms with Gasteiger partial charge in [-0.1, -0.05) is 20.8 Å². The largest absolute Gasteiger partial charge is 0.476 e. The zero-order valence-electron chi connectivity index (χ0n) is 12.8. The number of fused-ring (bicyclic) bond motifs is 1. The molecule has 0 aliphatic carbocycles. The van der Waals surface area contributed by atoms with Gasteiger partial charge >= 0.3 is 0 Å². The summed E-state index contributed by atoms with van der Waals surface area (Å²) in [4.78, 5) is 13.2. The van der Waals surface area contributed by atoms with Crippen molar-refractivity contribution in [3.63, 3.8) is 0 Å². The molecule has 0 aliphatic heterocycles. The number of hydrazine groups is 1. The van der Waals surface area contributed by atoms with Crippen LogP contribution in [0.2, 0.25) is 0 Å². The standard InChI is InChI=1S/C14H23N5OS/c1-4-10-9-11-12(20-8-7-19(5-2)6-3)16-14(18-15)17-13(11)21-10/h9H,4-8,15H2,1-3H3,(H,16,17,18). The molecule has 0 bridgehead atoms. The van der Waals surface area contributed by atoms with Gasteiger partial charge in [0.25, 0.3) is 0 Å². The molecule has 0 spiro atoms. The van der Waals surface area contributed by atoms with E-state index >= 15 is 0 Å². The van der Waals surface area contributed by atoms with Crippen molar-refractivity contribution >= 4 is 27.5 Å². The van der Waals surface area contributed by atoms with E-state index in [-0.39, 0.29) is 0 Å². The highest BCUT2D eigenvalue weighted by molar-refractivity contribution is 7.18. The summed E-state index contributed by atoms with van der Waals surface area (Å²) in [5, 5.41) is 0.968. The SMILES string of the molecule is CCc1cc2c(OCCN(CC)CC)nc(NN)nc2s1. The molecule has 0 amide bonds. The van der Waals surface area contributed by atoms with E-state index in [0.29, 0.717) is 18.4 Å². The molecule has 0 fully saturated rings. The fourth-order valence-corrected chi connectivity index (χ4v) is 3.06. The van der Waals surface area contributed by atoms with Crippen LogP contribution < -0.4 is 16.0 Å². The van der Waals surface area contributed by atoms with Crippen LogP contribution in [0.25, 0.3) is 10.2 Å². The van der Waals surface area contributed by atoms with Crippen LogP contribution in [0.1, 0.15) is 25.6 Å². The van der Waals surface area contributed by atoms with Gasteiger partial charge in [-0.15, -0.1) is 11.3 Å². The summed E-state index contributed by atoms with van der Waals surface area (Å²) in [5.41, 5.74) is 2.50.